The lowest BCUT2D eigenvalue weighted by Crippen LogP contribution is -2.06. The number of rotatable bonds is 5. The van der Waals surface area contributed by atoms with E-state index in [1.54, 1.807) is 6.92 Å². The summed E-state index contributed by atoms with van der Waals surface area (Å²) in [6, 6.07) is 1.53. The van der Waals surface area contributed by atoms with Crippen LogP contribution < -0.4 is 9.47 Å². The highest BCUT2D eigenvalue weighted by molar-refractivity contribution is 5.88. The number of nitrogens with zero attached hydrogens (tertiary/aromatic N) is 1. The van der Waals surface area contributed by atoms with Crippen LogP contribution in [0.15, 0.2) is 12.3 Å². The lowest BCUT2D eigenvalue weighted by molar-refractivity contribution is 0.0685. The number of hydrogen-bond donors (Lipinski definition) is 1. The fourth-order valence-electron chi connectivity index (χ4n) is 1.10. The van der Waals surface area contributed by atoms with Crippen LogP contribution in [0.25, 0.3) is 0 Å². The second kappa shape index (κ2) is 5.19. The number of aromatic carboxylic acids is 1. The predicted molar refractivity (Wildman–Crippen MR) is 53.5 cm³/mol. The zero-order valence-corrected chi connectivity index (χ0v) is 8.69. The monoisotopic (exact) mass is 211 g/mol. The molecule has 0 aromatic carbocycles. The van der Waals surface area contributed by atoms with Crippen molar-refractivity contribution in [3.05, 3.63) is 18.0 Å². The third kappa shape index (κ3) is 2.83. The van der Waals surface area contributed by atoms with Gasteiger partial charge in [-0.1, -0.05) is 0 Å². The number of carbonyl (C=O) groups is 1. The molecule has 0 saturated carbocycles. The largest absolute Gasteiger partial charge is 0.492 e. The quantitative estimate of drug-likeness (QED) is 0.800. The van der Waals surface area contributed by atoms with Crippen LogP contribution in [0.1, 0.15) is 24.3 Å². The summed E-state index contributed by atoms with van der Waals surface area (Å²) < 4.78 is 10.4. The summed E-state index contributed by atoms with van der Waals surface area (Å²) >= 11 is 0. The van der Waals surface area contributed by atoms with Gasteiger partial charge in [-0.15, -0.1) is 0 Å². The van der Waals surface area contributed by atoms with Gasteiger partial charge in [-0.2, -0.15) is 0 Å². The molecule has 15 heavy (non-hydrogen) atoms. The Balaban J connectivity index is 3.03. The molecule has 0 spiro atoms. The first-order valence-corrected chi connectivity index (χ1v) is 4.68. The first-order valence-electron chi connectivity index (χ1n) is 4.68. The molecule has 1 aromatic heterocycles. The highest BCUT2D eigenvalue weighted by Gasteiger charge is 2.13. The SMILES string of the molecule is CCOc1cnc(C(=O)O)c(OCC)c1. The van der Waals surface area contributed by atoms with Crippen LogP contribution in [-0.4, -0.2) is 29.3 Å². The van der Waals surface area contributed by atoms with Gasteiger partial charge in [-0.3, -0.25) is 0 Å². The number of carboxylic acid groups (broad SMARTS) is 1. The summed E-state index contributed by atoms with van der Waals surface area (Å²) in [4.78, 5) is 14.5. The number of aromatic nitrogens is 1. The van der Waals surface area contributed by atoms with E-state index in [2.05, 4.69) is 4.98 Å². The molecule has 1 rings (SSSR count). The van der Waals surface area contributed by atoms with Crippen LogP contribution in [-0.2, 0) is 0 Å². The minimum absolute atomic E-state index is 0.0969. The summed E-state index contributed by atoms with van der Waals surface area (Å²) in [5, 5.41) is 8.83. The van der Waals surface area contributed by atoms with E-state index in [1.165, 1.54) is 12.3 Å². The minimum atomic E-state index is -1.11. The smallest absolute Gasteiger partial charge is 0.358 e. The molecule has 0 radical (unpaired) electrons. The van der Waals surface area contributed by atoms with Crippen LogP contribution in [0.2, 0.25) is 0 Å². The van der Waals surface area contributed by atoms with Crippen molar-refractivity contribution < 1.29 is 19.4 Å². The van der Waals surface area contributed by atoms with Crippen molar-refractivity contribution in [3.63, 3.8) is 0 Å². The van der Waals surface area contributed by atoms with E-state index in [-0.39, 0.29) is 11.4 Å². The Labute approximate surface area is 87.7 Å². The van der Waals surface area contributed by atoms with Crippen LogP contribution in [0.5, 0.6) is 11.5 Å². The Morgan fingerprint density at radius 1 is 1.40 bits per heavy atom. The van der Waals surface area contributed by atoms with E-state index in [0.29, 0.717) is 19.0 Å². The second-order valence-corrected chi connectivity index (χ2v) is 2.69. The standard InChI is InChI=1S/C10H13NO4/c1-3-14-7-5-8(15-4-2)9(10(12)13)11-6-7/h5-6H,3-4H2,1-2H3,(H,12,13). The molecule has 0 aliphatic rings. The normalized spacial score (nSPS) is 9.73. The average Bonchev–Trinajstić information content (AvgIpc) is 2.18. The van der Waals surface area contributed by atoms with Crippen molar-refractivity contribution in [3.8, 4) is 11.5 Å². The van der Waals surface area contributed by atoms with E-state index in [1.807, 2.05) is 6.92 Å². The molecule has 1 N–H and O–H groups in total. The van der Waals surface area contributed by atoms with Crippen LogP contribution >= 0.6 is 0 Å². The van der Waals surface area contributed by atoms with Crippen LogP contribution in [0.4, 0.5) is 0 Å². The van der Waals surface area contributed by atoms with E-state index in [4.69, 9.17) is 14.6 Å². The number of pyridine rings is 1. The molecule has 5 heteroatoms. The Morgan fingerprint density at radius 2 is 2.07 bits per heavy atom. The Kier molecular flexibility index (Phi) is 3.91. The van der Waals surface area contributed by atoms with E-state index in [9.17, 15) is 4.79 Å². The van der Waals surface area contributed by atoms with Crippen molar-refractivity contribution in [1.29, 1.82) is 0 Å². The summed E-state index contributed by atoms with van der Waals surface area (Å²) in [6.07, 6.45) is 1.37. The van der Waals surface area contributed by atoms with Gasteiger partial charge >= 0.3 is 5.97 Å². The van der Waals surface area contributed by atoms with Gasteiger partial charge in [-0.25, -0.2) is 9.78 Å². The van der Waals surface area contributed by atoms with Gasteiger partial charge in [0.2, 0.25) is 0 Å². The zero-order valence-electron chi connectivity index (χ0n) is 8.69. The van der Waals surface area contributed by atoms with Gasteiger partial charge in [0.1, 0.15) is 5.75 Å². The molecule has 82 valence electrons. The van der Waals surface area contributed by atoms with E-state index < -0.39 is 5.97 Å². The molecule has 0 saturated heterocycles. The molecule has 0 bridgehead atoms. The predicted octanol–water partition coefficient (Wildman–Crippen LogP) is 1.58. The second-order valence-electron chi connectivity index (χ2n) is 2.69. The van der Waals surface area contributed by atoms with E-state index >= 15 is 0 Å². The lowest BCUT2D eigenvalue weighted by atomic mass is 10.3. The number of carboxylic acids is 1. The zero-order chi connectivity index (χ0) is 11.3. The lowest BCUT2D eigenvalue weighted by Gasteiger charge is -2.08. The number of hydrogen-bond acceptors (Lipinski definition) is 4. The maximum absolute atomic E-state index is 10.8. The van der Waals surface area contributed by atoms with Gasteiger partial charge in [0.05, 0.1) is 19.4 Å². The fraction of sp³-hybridized carbons (Fsp3) is 0.400. The maximum Gasteiger partial charge on any atom is 0.358 e. The van der Waals surface area contributed by atoms with Crippen molar-refractivity contribution in [1.82, 2.24) is 4.98 Å². The molecule has 1 aromatic rings. The molecule has 0 atom stereocenters. The molecule has 0 unspecified atom stereocenters. The topological polar surface area (TPSA) is 68.7 Å². The molecule has 0 aliphatic carbocycles. The average molecular weight is 211 g/mol. The molecule has 1 heterocycles. The Hall–Kier alpha value is -1.78. The highest BCUT2D eigenvalue weighted by atomic mass is 16.5. The third-order valence-electron chi connectivity index (χ3n) is 1.64. The fourth-order valence-corrected chi connectivity index (χ4v) is 1.10. The Morgan fingerprint density at radius 3 is 2.60 bits per heavy atom. The summed E-state index contributed by atoms with van der Waals surface area (Å²) in [7, 11) is 0. The van der Waals surface area contributed by atoms with Crippen LogP contribution in [0.3, 0.4) is 0 Å². The molecule has 0 fully saturated rings. The van der Waals surface area contributed by atoms with Gasteiger partial charge < -0.3 is 14.6 Å². The first kappa shape index (κ1) is 11.3. The highest BCUT2D eigenvalue weighted by Crippen LogP contribution is 2.22. The van der Waals surface area contributed by atoms with Crippen LogP contribution in [0, 0.1) is 0 Å². The molecule has 0 amide bonds. The number of ether oxygens (including phenoxy) is 2. The van der Waals surface area contributed by atoms with Gasteiger partial charge in [-0.05, 0) is 13.8 Å². The molecule has 5 nitrogen and oxygen atoms in total. The summed E-state index contributed by atoms with van der Waals surface area (Å²) in [5.74, 6) is -0.372. The summed E-state index contributed by atoms with van der Waals surface area (Å²) in [6.45, 7) is 4.50. The van der Waals surface area contributed by atoms with Gasteiger partial charge in [0, 0.05) is 6.07 Å². The maximum atomic E-state index is 10.8. The van der Waals surface area contributed by atoms with Gasteiger partial charge in [0.25, 0.3) is 0 Å². The minimum Gasteiger partial charge on any atom is -0.492 e. The molecular formula is C10H13NO4. The van der Waals surface area contributed by atoms with Crippen molar-refractivity contribution in [2.75, 3.05) is 13.2 Å². The summed E-state index contributed by atoms with van der Waals surface area (Å²) in [5.41, 5.74) is -0.0969. The third-order valence-corrected chi connectivity index (χ3v) is 1.64. The van der Waals surface area contributed by atoms with Crippen molar-refractivity contribution in [2.45, 2.75) is 13.8 Å². The van der Waals surface area contributed by atoms with Crippen molar-refractivity contribution >= 4 is 5.97 Å². The van der Waals surface area contributed by atoms with Crippen molar-refractivity contribution in [2.24, 2.45) is 0 Å². The van der Waals surface area contributed by atoms with Gasteiger partial charge in [0.15, 0.2) is 11.4 Å². The van der Waals surface area contributed by atoms with E-state index in [0.717, 1.165) is 0 Å². The first-order chi connectivity index (χ1) is 7.19. The molecular weight excluding hydrogens is 198 g/mol. The molecule has 0 aliphatic heterocycles. The Bertz CT molecular complexity index is 351.